The summed E-state index contributed by atoms with van der Waals surface area (Å²) < 4.78 is 7.13. The third kappa shape index (κ3) is 4.95. The van der Waals surface area contributed by atoms with Crippen LogP contribution < -0.4 is 0 Å². The van der Waals surface area contributed by atoms with E-state index >= 15 is 0 Å². The van der Waals surface area contributed by atoms with Gasteiger partial charge in [-0.1, -0.05) is 17.8 Å². The molecular formula is C21H27N3O3S. The number of benzene rings is 1. The number of piperidine rings is 1. The SMILES string of the molecule is CCOC(=O)C1CCCN(C(=O)CSc2nccn2-c2cc(C)cc(C)c2)C1. The maximum atomic E-state index is 12.7. The van der Waals surface area contributed by atoms with Crippen molar-refractivity contribution >= 4 is 23.6 Å². The molecule has 1 amide bonds. The lowest BCUT2D eigenvalue weighted by Crippen LogP contribution is -2.43. The van der Waals surface area contributed by atoms with Crippen molar-refractivity contribution in [3.63, 3.8) is 0 Å². The first-order valence-electron chi connectivity index (χ1n) is 9.67. The molecule has 1 aliphatic rings. The number of carbonyl (C=O) groups excluding carboxylic acids is 2. The monoisotopic (exact) mass is 401 g/mol. The van der Waals surface area contributed by atoms with E-state index in [1.165, 1.54) is 22.9 Å². The van der Waals surface area contributed by atoms with Crippen molar-refractivity contribution in [2.24, 2.45) is 5.92 Å². The van der Waals surface area contributed by atoms with Crippen molar-refractivity contribution in [3.8, 4) is 5.69 Å². The fraction of sp³-hybridized carbons (Fsp3) is 0.476. The molecule has 1 saturated heterocycles. The van der Waals surface area contributed by atoms with E-state index in [4.69, 9.17) is 4.74 Å². The Kier molecular flexibility index (Phi) is 6.78. The minimum Gasteiger partial charge on any atom is -0.466 e. The second-order valence-electron chi connectivity index (χ2n) is 7.15. The number of carbonyl (C=O) groups is 2. The molecule has 2 aromatic rings. The summed E-state index contributed by atoms with van der Waals surface area (Å²) in [5, 5.41) is 0.789. The molecule has 1 unspecified atom stereocenters. The number of aromatic nitrogens is 2. The normalized spacial score (nSPS) is 16.8. The Morgan fingerprint density at radius 1 is 1.25 bits per heavy atom. The standard InChI is InChI=1S/C21H27N3O3S/c1-4-27-20(26)17-6-5-8-23(13-17)19(25)14-28-21-22-7-9-24(21)18-11-15(2)10-16(3)12-18/h7,9-12,17H,4-6,8,13-14H2,1-3H3. The molecule has 0 bridgehead atoms. The maximum Gasteiger partial charge on any atom is 0.310 e. The van der Waals surface area contributed by atoms with Crippen LogP contribution in [0.1, 0.15) is 30.9 Å². The zero-order valence-corrected chi connectivity index (χ0v) is 17.5. The number of imidazole rings is 1. The third-order valence-electron chi connectivity index (χ3n) is 4.81. The van der Waals surface area contributed by atoms with Crippen molar-refractivity contribution in [2.45, 2.75) is 38.8 Å². The maximum absolute atomic E-state index is 12.7. The molecule has 1 aromatic carbocycles. The van der Waals surface area contributed by atoms with Crippen LogP contribution in [0.2, 0.25) is 0 Å². The molecule has 3 rings (SSSR count). The molecule has 0 N–H and O–H groups in total. The minimum absolute atomic E-state index is 0.0361. The Morgan fingerprint density at radius 3 is 2.71 bits per heavy atom. The zero-order chi connectivity index (χ0) is 20.1. The summed E-state index contributed by atoms with van der Waals surface area (Å²) in [7, 11) is 0. The highest BCUT2D eigenvalue weighted by Gasteiger charge is 2.29. The second kappa shape index (κ2) is 9.28. The van der Waals surface area contributed by atoms with Crippen molar-refractivity contribution in [3.05, 3.63) is 41.7 Å². The van der Waals surface area contributed by atoms with Gasteiger partial charge >= 0.3 is 5.97 Å². The van der Waals surface area contributed by atoms with Crippen LogP contribution in [-0.2, 0) is 14.3 Å². The minimum atomic E-state index is -0.208. The summed E-state index contributed by atoms with van der Waals surface area (Å²) in [6, 6.07) is 6.34. The van der Waals surface area contributed by atoms with Gasteiger partial charge in [-0.15, -0.1) is 0 Å². The summed E-state index contributed by atoms with van der Waals surface area (Å²) in [6.07, 6.45) is 5.28. The highest BCUT2D eigenvalue weighted by molar-refractivity contribution is 7.99. The number of rotatable bonds is 6. The van der Waals surface area contributed by atoms with E-state index in [0.29, 0.717) is 25.4 Å². The van der Waals surface area contributed by atoms with E-state index < -0.39 is 0 Å². The predicted molar refractivity (Wildman–Crippen MR) is 110 cm³/mol. The first-order valence-corrected chi connectivity index (χ1v) is 10.7. The van der Waals surface area contributed by atoms with Crippen molar-refractivity contribution < 1.29 is 14.3 Å². The summed E-state index contributed by atoms with van der Waals surface area (Å²) in [5.41, 5.74) is 3.42. The largest absolute Gasteiger partial charge is 0.466 e. The molecule has 1 fully saturated rings. The fourth-order valence-corrected chi connectivity index (χ4v) is 4.43. The van der Waals surface area contributed by atoms with Crippen LogP contribution in [-0.4, -0.2) is 51.8 Å². The molecule has 0 radical (unpaired) electrons. The Balaban J connectivity index is 1.62. The average molecular weight is 402 g/mol. The van der Waals surface area contributed by atoms with Gasteiger partial charge in [0.1, 0.15) is 0 Å². The first kappa shape index (κ1) is 20.5. The molecule has 0 aliphatic carbocycles. The number of ether oxygens (including phenoxy) is 1. The van der Waals surface area contributed by atoms with Gasteiger partial charge in [0.2, 0.25) is 5.91 Å². The summed E-state index contributed by atoms with van der Waals surface area (Å²) >= 11 is 1.43. The van der Waals surface area contributed by atoms with Crippen molar-refractivity contribution in [1.29, 1.82) is 0 Å². The van der Waals surface area contributed by atoms with Crippen LogP contribution in [0.5, 0.6) is 0 Å². The lowest BCUT2D eigenvalue weighted by molar-refractivity contribution is -0.151. The van der Waals surface area contributed by atoms with Crippen LogP contribution >= 0.6 is 11.8 Å². The quantitative estimate of drug-likeness (QED) is 0.548. The Morgan fingerprint density at radius 2 is 2.00 bits per heavy atom. The Bertz CT molecular complexity index is 829. The number of thioether (sulfide) groups is 1. The number of likely N-dealkylation sites (tertiary alicyclic amines) is 1. The number of aryl methyl sites for hydroxylation is 2. The van der Waals surface area contributed by atoms with Gasteiger partial charge < -0.3 is 9.64 Å². The van der Waals surface area contributed by atoms with Crippen LogP contribution in [0, 0.1) is 19.8 Å². The van der Waals surface area contributed by atoms with Crippen LogP contribution in [0.4, 0.5) is 0 Å². The average Bonchev–Trinajstić information content (AvgIpc) is 3.14. The van der Waals surface area contributed by atoms with E-state index in [1.807, 2.05) is 10.8 Å². The van der Waals surface area contributed by atoms with Crippen molar-refractivity contribution in [2.75, 3.05) is 25.4 Å². The van der Waals surface area contributed by atoms with E-state index in [0.717, 1.165) is 23.7 Å². The Labute approximate surface area is 170 Å². The molecule has 28 heavy (non-hydrogen) atoms. The predicted octanol–water partition coefficient (Wildman–Crippen LogP) is 3.38. The van der Waals surface area contributed by atoms with Gasteiger partial charge in [0, 0.05) is 31.2 Å². The van der Waals surface area contributed by atoms with Crippen molar-refractivity contribution in [1.82, 2.24) is 14.5 Å². The van der Waals surface area contributed by atoms with E-state index in [-0.39, 0.29) is 17.8 Å². The molecule has 2 heterocycles. The number of esters is 1. The molecule has 1 aliphatic heterocycles. The molecule has 1 aromatic heterocycles. The number of nitrogens with zero attached hydrogens (tertiary/aromatic N) is 3. The number of amides is 1. The van der Waals surface area contributed by atoms with Crippen LogP contribution in [0.25, 0.3) is 5.69 Å². The lowest BCUT2D eigenvalue weighted by atomic mass is 9.98. The van der Waals surface area contributed by atoms with Gasteiger partial charge in [-0.25, -0.2) is 4.98 Å². The molecule has 7 heteroatoms. The molecule has 0 saturated carbocycles. The van der Waals surface area contributed by atoms with E-state index in [2.05, 4.69) is 37.0 Å². The highest BCUT2D eigenvalue weighted by atomic mass is 32.2. The van der Waals surface area contributed by atoms with Crippen LogP contribution in [0.3, 0.4) is 0 Å². The van der Waals surface area contributed by atoms with Gasteiger partial charge in [-0.05, 0) is 56.9 Å². The topological polar surface area (TPSA) is 64.4 Å². The molecule has 0 spiro atoms. The van der Waals surface area contributed by atoms with Gasteiger partial charge in [0.25, 0.3) is 0 Å². The van der Waals surface area contributed by atoms with Gasteiger partial charge in [-0.2, -0.15) is 0 Å². The number of hydrogen-bond donors (Lipinski definition) is 0. The summed E-state index contributed by atoms with van der Waals surface area (Å²) in [6.45, 7) is 7.46. The second-order valence-corrected chi connectivity index (χ2v) is 8.09. The highest BCUT2D eigenvalue weighted by Crippen LogP contribution is 2.24. The molecular weight excluding hydrogens is 374 g/mol. The van der Waals surface area contributed by atoms with Crippen LogP contribution in [0.15, 0.2) is 35.7 Å². The lowest BCUT2D eigenvalue weighted by Gasteiger charge is -2.31. The summed E-state index contributed by atoms with van der Waals surface area (Å²) in [5.74, 6) is -0.0657. The Hall–Kier alpha value is -2.28. The van der Waals surface area contributed by atoms with Gasteiger partial charge in [0.15, 0.2) is 5.16 Å². The summed E-state index contributed by atoms with van der Waals surface area (Å²) in [4.78, 5) is 30.9. The van der Waals surface area contributed by atoms with E-state index in [9.17, 15) is 9.59 Å². The molecule has 1 atom stereocenters. The first-order chi connectivity index (χ1) is 13.5. The van der Waals surface area contributed by atoms with Gasteiger partial charge in [-0.3, -0.25) is 14.2 Å². The smallest absolute Gasteiger partial charge is 0.310 e. The molecule has 150 valence electrons. The molecule has 6 nitrogen and oxygen atoms in total. The zero-order valence-electron chi connectivity index (χ0n) is 16.7. The van der Waals surface area contributed by atoms with Gasteiger partial charge in [0.05, 0.1) is 18.3 Å². The fourth-order valence-electron chi connectivity index (χ4n) is 3.56. The third-order valence-corrected chi connectivity index (χ3v) is 5.76. The number of hydrogen-bond acceptors (Lipinski definition) is 5. The van der Waals surface area contributed by atoms with E-state index in [1.54, 1.807) is 18.0 Å².